The first-order valence-corrected chi connectivity index (χ1v) is 9.39. The zero-order chi connectivity index (χ0) is 18.6. The fraction of sp³-hybridized carbons (Fsp3) is 0.474. The summed E-state index contributed by atoms with van der Waals surface area (Å²) in [4.78, 5) is 37.6. The quantitative estimate of drug-likeness (QED) is 0.877. The predicted octanol–water partition coefficient (Wildman–Crippen LogP) is 1.46. The van der Waals surface area contributed by atoms with Crippen LogP contribution < -0.4 is 10.2 Å². The van der Waals surface area contributed by atoms with Crippen LogP contribution in [0.3, 0.4) is 0 Å². The minimum Gasteiger partial charge on any atom is -0.459 e. The first kappa shape index (κ1) is 17.5. The van der Waals surface area contributed by atoms with E-state index in [0.717, 1.165) is 38.3 Å². The van der Waals surface area contributed by atoms with Gasteiger partial charge in [-0.3, -0.25) is 9.59 Å². The van der Waals surface area contributed by atoms with Crippen LogP contribution in [0.15, 0.2) is 41.3 Å². The van der Waals surface area contributed by atoms with Gasteiger partial charge in [0.05, 0.1) is 6.26 Å². The summed E-state index contributed by atoms with van der Waals surface area (Å²) < 4.78 is 5.20. The normalized spacial score (nSPS) is 20.7. The average molecular weight is 369 g/mol. The highest BCUT2D eigenvalue weighted by Crippen LogP contribution is 2.22. The molecule has 2 aliphatic rings. The van der Waals surface area contributed by atoms with Gasteiger partial charge in [0.15, 0.2) is 5.76 Å². The number of amides is 2. The van der Waals surface area contributed by atoms with Crippen molar-refractivity contribution in [3.8, 4) is 0 Å². The summed E-state index contributed by atoms with van der Waals surface area (Å²) in [7, 11) is 0. The lowest BCUT2D eigenvalue weighted by atomic mass is 10.0. The second-order valence-corrected chi connectivity index (χ2v) is 6.95. The van der Waals surface area contributed by atoms with Gasteiger partial charge in [-0.1, -0.05) is 0 Å². The zero-order valence-corrected chi connectivity index (χ0v) is 15.1. The first-order chi connectivity index (χ1) is 13.2. The number of carbonyl (C=O) groups is 2. The molecule has 0 radical (unpaired) electrons. The third kappa shape index (κ3) is 3.79. The van der Waals surface area contributed by atoms with Crippen LogP contribution >= 0.6 is 0 Å². The highest BCUT2D eigenvalue weighted by atomic mass is 16.3. The number of nitrogens with one attached hydrogen (secondary N) is 1. The van der Waals surface area contributed by atoms with E-state index in [2.05, 4.69) is 20.2 Å². The molecule has 0 unspecified atom stereocenters. The van der Waals surface area contributed by atoms with Crippen molar-refractivity contribution in [1.82, 2.24) is 20.2 Å². The van der Waals surface area contributed by atoms with E-state index < -0.39 is 6.04 Å². The maximum Gasteiger partial charge on any atom is 0.290 e. The molecule has 0 aliphatic carbocycles. The van der Waals surface area contributed by atoms with Crippen molar-refractivity contribution in [2.75, 3.05) is 24.5 Å². The number of hydrogen-bond acceptors (Lipinski definition) is 6. The summed E-state index contributed by atoms with van der Waals surface area (Å²) in [6.07, 6.45) is 8.14. The molecule has 142 valence electrons. The molecule has 4 rings (SSSR count). The van der Waals surface area contributed by atoms with Crippen molar-refractivity contribution in [1.29, 1.82) is 0 Å². The van der Waals surface area contributed by atoms with Crippen molar-refractivity contribution >= 4 is 17.8 Å². The number of hydrogen-bond donors (Lipinski definition) is 1. The van der Waals surface area contributed by atoms with E-state index in [0.29, 0.717) is 13.0 Å². The Balaban J connectivity index is 1.32. The Labute approximate surface area is 157 Å². The van der Waals surface area contributed by atoms with Gasteiger partial charge in [0.2, 0.25) is 11.9 Å². The van der Waals surface area contributed by atoms with Crippen LogP contribution in [0.1, 0.15) is 36.2 Å². The van der Waals surface area contributed by atoms with E-state index in [1.165, 1.54) is 6.26 Å². The molecular formula is C19H23N5O3. The largest absolute Gasteiger partial charge is 0.459 e. The minimum absolute atomic E-state index is 0.0678. The second-order valence-electron chi connectivity index (χ2n) is 6.95. The summed E-state index contributed by atoms with van der Waals surface area (Å²) in [5.74, 6) is 0.731. The second kappa shape index (κ2) is 7.77. The Kier molecular flexibility index (Phi) is 5.04. The number of aromatic nitrogens is 2. The van der Waals surface area contributed by atoms with E-state index in [1.54, 1.807) is 35.5 Å². The first-order valence-electron chi connectivity index (χ1n) is 9.39. The van der Waals surface area contributed by atoms with E-state index in [-0.39, 0.29) is 23.6 Å². The fourth-order valence-electron chi connectivity index (χ4n) is 3.80. The number of furan rings is 1. The topological polar surface area (TPSA) is 91.6 Å². The molecular weight excluding hydrogens is 346 g/mol. The van der Waals surface area contributed by atoms with Gasteiger partial charge < -0.3 is 19.5 Å². The lowest BCUT2D eigenvalue weighted by molar-refractivity contribution is -0.125. The minimum atomic E-state index is -0.418. The van der Waals surface area contributed by atoms with Crippen LogP contribution in [0.5, 0.6) is 0 Å². The van der Waals surface area contributed by atoms with Crippen LogP contribution in [-0.4, -0.2) is 58.4 Å². The Morgan fingerprint density at radius 1 is 1.07 bits per heavy atom. The van der Waals surface area contributed by atoms with E-state index in [4.69, 9.17) is 4.42 Å². The number of carbonyl (C=O) groups excluding carboxylic acids is 2. The molecule has 1 atom stereocenters. The third-order valence-electron chi connectivity index (χ3n) is 5.22. The van der Waals surface area contributed by atoms with Gasteiger partial charge in [0.25, 0.3) is 5.91 Å². The lowest BCUT2D eigenvalue weighted by Gasteiger charge is -2.33. The highest BCUT2D eigenvalue weighted by Gasteiger charge is 2.36. The maximum absolute atomic E-state index is 12.8. The van der Waals surface area contributed by atoms with E-state index in [9.17, 15) is 9.59 Å². The smallest absolute Gasteiger partial charge is 0.290 e. The molecule has 0 aromatic carbocycles. The SMILES string of the molecule is O=C(NC1CCN(c2ncccn2)CC1)[C@@H]1CCCN1C(=O)c1ccco1. The third-order valence-corrected chi connectivity index (χ3v) is 5.22. The molecule has 2 aliphatic heterocycles. The number of likely N-dealkylation sites (tertiary alicyclic amines) is 1. The van der Waals surface area contributed by atoms with Crippen LogP contribution in [0.4, 0.5) is 5.95 Å². The Bertz CT molecular complexity index is 772. The standard InChI is InChI=1S/C19H23N5O3/c25-17(15-4-1-10-24(15)18(26)16-5-2-13-27-16)22-14-6-11-23(12-7-14)19-20-8-3-9-21-19/h2-3,5,8-9,13-15H,1,4,6-7,10-12H2,(H,22,25)/t15-/m0/s1. The molecule has 0 spiro atoms. The van der Waals surface area contributed by atoms with Gasteiger partial charge in [-0.2, -0.15) is 0 Å². The van der Waals surface area contributed by atoms with Gasteiger partial charge in [-0.15, -0.1) is 0 Å². The van der Waals surface area contributed by atoms with Gasteiger partial charge >= 0.3 is 0 Å². The summed E-state index contributed by atoms with van der Waals surface area (Å²) in [5, 5.41) is 3.13. The summed E-state index contributed by atoms with van der Waals surface area (Å²) in [5.41, 5.74) is 0. The molecule has 0 saturated carbocycles. The average Bonchev–Trinajstić information content (AvgIpc) is 3.41. The highest BCUT2D eigenvalue weighted by molar-refractivity contribution is 5.96. The van der Waals surface area contributed by atoms with Crippen molar-refractivity contribution in [3.63, 3.8) is 0 Å². The zero-order valence-electron chi connectivity index (χ0n) is 15.1. The fourth-order valence-corrected chi connectivity index (χ4v) is 3.80. The number of piperidine rings is 1. The Morgan fingerprint density at radius 3 is 2.56 bits per heavy atom. The molecule has 8 nitrogen and oxygen atoms in total. The van der Waals surface area contributed by atoms with Crippen LogP contribution in [0, 0.1) is 0 Å². The van der Waals surface area contributed by atoms with Crippen molar-refractivity contribution in [2.45, 2.75) is 37.8 Å². The van der Waals surface area contributed by atoms with E-state index in [1.807, 2.05) is 0 Å². The predicted molar refractivity (Wildman–Crippen MR) is 98.2 cm³/mol. The molecule has 2 saturated heterocycles. The number of anilines is 1. The summed E-state index contributed by atoms with van der Waals surface area (Å²) in [6.45, 7) is 2.19. The molecule has 2 aromatic heterocycles. The molecule has 4 heterocycles. The Hall–Kier alpha value is -2.90. The van der Waals surface area contributed by atoms with Crippen LogP contribution in [-0.2, 0) is 4.79 Å². The lowest BCUT2D eigenvalue weighted by Crippen LogP contribution is -2.51. The summed E-state index contributed by atoms with van der Waals surface area (Å²) in [6, 6.07) is 4.81. The van der Waals surface area contributed by atoms with Crippen molar-refractivity contribution in [2.24, 2.45) is 0 Å². The maximum atomic E-state index is 12.8. The molecule has 0 bridgehead atoms. The molecule has 27 heavy (non-hydrogen) atoms. The van der Waals surface area contributed by atoms with Gasteiger partial charge in [-0.25, -0.2) is 9.97 Å². The number of rotatable bonds is 4. The van der Waals surface area contributed by atoms with Crippen LogP contribution in [0.2, 0.25) is 0 Å². The van der Waals surface area contributed by atoms with Gasteiger partial charge in [0, 0.05) is 38.1 Å². The molecule has 2 fully saturated rings. The molecule has 1 N–H and O–H groups in total. The van der Waals surface area contributed by atoms with Crippen molar-refractivity contribution in [3.05, 3.63) is 42.6 Å². The van der Waals surface area contributed by atoms with Gasteiger partial charge in [0.1, 0.15) is 6.04 Å². The van der Waals surface area contributed by atoms with Gasteiger partial charge in [-0.05, 0) is 43.9 Å². The molecule has 2 amide bonds. The van der Waals surface area contributed by atoms with Crippen molar-refractivity contribution < 1.29 is 14.0 Å². The number of nitrogens with zero attached hydrogens (tertiary/aromatic N) is 4. The summed E-state index contributed by atoms with van der Waals surface area (Å²) >= 11 is 0. The Morgan fingerprint density at radius 2 is 1.85 bits per heavy atom. The monoisotopic (exact) mass is 369 g/mol. The molecule has 2 aromatic rings. The van der Waals surface area contributed by atoms with Crippen LogP contribution in [0.25, 0.3) is 0 Å². The molecule has 8 heteroatoms. The van der Waals surface area contributed by atoms with E-state index >= 15 is 0 Å².